The fraction of sp³-hybridized carbons (Fsp3) is 0.476. The zero-order valence-electron chi connectivity index (χ0n) is 15.1. The van der Waals surface area contributed by atoms with Gasteiger partial charge in [0.1, 0.15) is 11.9 Å². The van der Waals surface area contributed by atoms with E-state index in [4.69, 9.17) is 11.6 Å². The topological polar surface area (TPSA) is 76.8 Å². The number of hydrogen-bond acceptors (Lipinski definition) is 5. The van der Waals surface area contributed by atoms with Crippen LogP contribution in [0.5, 0.6) is 5.75 Å². The molecule has 144 valence electrons. The molecule has 0 amide bonds. The average molecular weight is 389 g/mol. The molecule has 1 saturated heterocycles. The van der Waals surface area contributed by atoms with Gasteiger partial charge in [0.25, 0.3) is 0 Å². The van der Waals surface area contributed by atoms with Crippen LogP contribution >= 0.6 is 11.6 Å². The van der Waals surface area contributed by atoms with Crippen molar-refractivity contribution in [3.63, 3.8) is 0 Å². The first-order valence-electron chi connectivity index (χ1n) is 9.43. The minimum absolute atomic E-state index is 0.0967. The van der Waals surface area contributed by atoms with E-state index in [0.29, 0.717) is 35.5 Å². The number of aromatic nitrogens is 1. The van der Waals surface area contributed by atoms with Crippen molar-refractivity contribution in [2.45, 2.75) is 31.0 Å². The third kappa shape index (κ3) is 4.11. The molecule has 1 aromatic carbocycles. The second-order valence-corrected chi connectivity index (χ2v) is 8.50. The van der Waals surface area contributed by atoms with Gasteiger partial charge in [-0.25, -0.2) is 0 Å². The van der Waals surface area contributed by atoms with Crippen molar-refractivity contribution in [2.75, 3.05) is 19.6 Å². The number of fused-ring (bicyclic) bond motifs is 1. The second-order valence-electron chi connectivity index (χ2n) is 8.10. The lowest BCUT2D eigenvalue weighted by Gasteiger charge is -2.27. The highest BCUT2D eigenvalue weighted by Gasteiger charge is 2.48. The highest BCUT2D eigenvalue weighted by atomic mass is 35.5. The van der Waals surface area contributed by atoms with Crippen LogP contribution in [0.3, 0.4) is 0 Å². The third-order valence-corrected chi connectivity index (χ3v) is 6.33. The van der Waals surface area contributed by atoms with Gasteiger partial charge in [0.15, 0.2) is 0 Å². The van der Waals surface area contributed by atoms with Gasteiger partial charge < -0.3 is 15.3 Å². The number of aliphatic hydroxyl groups is 2. The first kappa shape index (κ1) is 18.7. The zero-order chi connectivity index (χ0) is 19.0. The first-order valence-corrected chi connectivity index (χ1v) is 9.81. The molecule has 2 fully saturated rings. The number of halogens is 1. The molecular weight excluding hydrogens is 364 g/mol. The largest absolute Gasteiger partial charge is 0.506 e. The van der Waals surface area contributed by atoms with Gasteiger partial charge in [-0.1, -0.05) is 29.8 Å². The molecule has 2 heterocycles. The minimum atomic E-state index is -0.691. The van der Waals surface area contributed by atoms with Gasteiger partial charge in [-0.15, -0.1) is 0 Å². The summed E-state index contributed by atoms with van der Waals surface area (Å²) in [5.41, 5.74) is 0.885. The Balaban J connectivity index is 1.34. The molecular formula is C21H25ClN2O3. The molecule has 1 aliphatic heterocycles. The standard InChI is InChI=1S/C21H25ClN2O3/c22-18-4-2-1-3-14(18)7-21(27)8-15-11-24(12-16(15)9-21)13-20(26)19-6-5-17(25)10-23-19/h1-6,10,15-16,20,25-27H,7-9,11-13H2. The first-order chi connectivity index (χ1) is 12.9. The van der Waals surface area contributed by atoms with E-state index in [-0.39, 0.29) is 5.75 Å². The molecule has 3 unspecified atom stereocenters. The lowest BCUT2D eigenvalue weighted by molar-refractivity contribution is 0.0327. The van der Waals surface area contributed by atoms with Crippen LogP contribution in [0.25, 0.3) is 0 Å². The number of aliphatic hydroxyl groups excluding tert-OH is 1. The number of hydrogen-bond donors (Lipinski definition) is 3. The maximum atomic E-state index is 11.1. The Kier molecular flexibility index (Phi) is 5.12. The molecule has 1 saturated carbocycles. The van der Waals surface area contributed by atoms with E-state index in [1.807, 2.05) is 24.3 Å². The summed E-state index contributed by atoms with van der Waals surface area (Å²) >= 11 is 6.27. The molecule has 1 aliphatic carbocycles. The van der Waals surface area contributed by atoms with Gasteiger partial charge in [0, 0.05) is 31.1 Å². The molecule has 2 aromatic rings. The molecule has 3 N–H and O–H groups in total. The number of likely N-dealkylation sites (tertiary alicyclic amines) is 1. The molecule has 27 heavy (non-hydrogen) atoms. The van der Waals surface area contributed by atoms with Crippen molar-refractivity contribution in [3.05, 3.63) is 58.9 Å². The van der Waals surface area contributed by atoms with E-state index in [2.05, 4.69) is 9.88 Å². The summed E-state index contributed by atoms with van der Waals surface area (Å²) in [6.07, 6.45) is 2.82. The molecule has 1 aromatic heterocycles. The lowest BCUT2D eigenvalue weighted by Crippen LogP contribution is -2.33. The van der Waals surface area contributed by atoms with Crippen molar-refractivity contribution in [3.8, 4) is 5.75 Å². The Morgan fingerprint density at radius 3 is 2.48 bits per heavy atom. The van der Waals surface area contributed by atoms with Crippen LogP contribution in [0.1, 0.15) is 30.2 Å². The van der Waals surface area contributed by atoms with E-state index >= 15 is 0 Å². The molecule has 0 radical (unpaired) electrons. The van der Waals surface area contributed by atoms with E-state index in [1.165, 1.54) is 6.20 Å². The Labute approximate surface area is 164 Å². The molecule has 0 bridgehead atoms. The molecule has 0 spiro atoms. The van der Waals surface area contributed by atoms with Gasteiger partial charge in [-0.05, 0) is 48.4 Å². The Hall–Kier alpha value is -1.66. The van der Waals surface area contributed by atoms with Crippen molar-refractivity contribution in [1.29, 1.82) is 0 Å². The highest BCUT2D eigenvalue weighted by molar-refractivity contribution is 6.31. The fourth-order valence-corrected chi connectivity index (χ4v) is 4.98. The van der Waals surface area contributed by atoms with Crippen LogP contribution in [0.15, 0.2) is 42.6 Å². The Bertz CT molecular complexity index is 784. The van der Waals surface area contributed by atoms with Crippen molar-refractivity contribution in [1.82, 2.24) is 9.88 Å². The van der Waals surface area contributed by atoms with Gasteiger partial charge in [0.05, 0.1) is 17.5 Å². The quantitative estimate of drug-likeness (QED) is 0.734. The van der Waals surface area contributed by atoms with Crippen molar-refractivity contribution >= 4 is 11.6 Å². The normalized spacial score (nSPS) is 29.0. The number of aromatic hydroxyl groups is 1. The molecule has 4 rings (SSSR count). The maximum absolute atomic E-state index is 11.1. The van der Waals surface area contributed by atoms with E-state index in [9.17, 15) is 15.3 Å². The zero-order valence-corrected chi connectivity index (χ0v) is 15.9. The minimum Gasteiger partial charge on any atom is -0.506 e. The van der Waals surface area contributed by atoms with E-state index < -0.39 is 11.7 Å². The monoisotopic (exact) mass is 388 g/mol. The summed E-state index contributed by atoms with van der Waals surface area (Å²) in [5, 5.41) is 31.5. The summed E-state index contributed by atoms with van der Waals surface area (Å²) in [7, 11) is 0. The summed E-state index contributed by atoms with van der Waals surface area (Å²) in [6.45, 7) is 2.28. The van der Waals surface area contributed by atoms with Gasteiger partial charge >= 0.3 is 0 Å². The summed E-state index contributed by atoms with van der Waals surface area (Å²) < 4.78 is 0. The number of nitrogens with zero attached hydrogens (tertiary/aromatic N) is 2. The lowest BCUT2D eigenvalue weighted by atomic mass is 9.91. The number of pyridine rings is 1. The molecule has 6 heteroatoms. The van der Waals surface area contributed by atoms with Gasteiger partial charge in [-0.3, -0.25) is 9.88 Å². The van der Waals surface area contributed by atoms with E-state index in [0.717, 1.165) is 31.5 Å². The van der Waals surface area contributed by atoms with Gasteiger partial charge in [-0.2, -0.15) is 0 Å². The van der Waals surface area contributed by atoms with Crippen LogP contribution in [-0.2, 0) is 6.42 Å². The van der Waals surface area contributed by atoms with Crippen LogP contribution in [0.2, 0.25) is 5.02 Å². The Morgan fingerprint density at radius 1 is 1.15 bits per heavy atom. The second kappa shape index (κ2) is 7.40. The Morgan fingerprint density at radius 2 is 1.85 bits per heavy atom. The summed E-state index contributed by atoms with van der Waals surface area (Å²) in [4.78, 5) is 6.35. The van der Waals surface area contributed by atoms with Crippen molar-refractivity contribution in [2.24, 2.45) is 11.8 Å². The number of β-amino-alcohol motifs (C(OH)–C–C–N with tert-alkyl or cyclic N) is 1. The summed E-state index contributed by atoms with van der Waals surface area (Å²) in [6, 6.07) is 10.9. The number of benzene rings is 1. The van der Waals surface area contributed by atoms with Gasteiger partial charge in [0.2, 0.25) is 0 Å². The smallest absolute Gasteiger partial charge is 0.133 e. The fourth-order valence-electron chi connectivity index (χ4n) is 4.78. The predicted molar refractivity (Wildman–Crippen MR) is 104 cm³/mol. The van der Waals surface area contributed by atoms with Crippen LogP contribution in [-0.4, -0.2) is 50.4 Å². The average Bonchev–Trinajstić information content (AvgIpc) is 3.11. The van der Waals surface area contributed by atoms with Crippen LogP contribution in [0.4, 0.5) is 0 Å². The predicted octanol–water partition coefficient (Wildman–Crippen LogP) is 2.79. The summed E-state index contributed by atoms with van der Waals surface area (Å²) in [5.74, 6) is 0.981. The number of rotatable bonds is 5. The molecule has 2 aliphatic rings. The highest BCUT2D eigenvalue weighted by Crippen LogP contribution is 2.46. The maximum Gasteiger partial charge on any atom is 0.133 e. The third-order valence-electron chi connectivity index (χ3n) is 5.96. The molecule has 5 nitrogen and oxygen atoms in total. The van der Waals surface area contributed by atoms with Crippen molar-refractivity contribution < 1.29 is 15.3 Å². The molecule has 3 atom stereocenters. The SMILES string of the molecule is Oc1ccc(C(O)CN2CC3CC(O)(Cc4ccccc4Cl)CC3C2)nc1. The van der Waals surface area contributed by atoms with E-state index in [1.54, 1.807) is 12.1 Å². The van der Waals surface area contributed by atoms with Crippen LogP contribution in [0, 0.1) is 11.8 Å². The van der Waals surface area contributed by atoms with Crippen LogP contribution < -0.4 is 0 Å².